The van der Waals surface area contributed by atoms with Crippen molar-refractivity contribution >= 4 is 11.0 Å². The predicted octanol–water partition coefficient (Wildman–Crippen LogP) is 4.13. The van der Waals surface area contributed by atoms with Gasteiger partial charge in [-0.3, -0.25) is 0 Å². The van der Waals surface area contributed by atoms with E-state index in [2.05, 4.69) is 54.7 Å². The number of nitrogens with one attached hydrogen (secondary N) is 1. The van der Waals surface area contributed by atoms with Crippen LogP contribution in [0.15, 0.2) is 52.9 Å². The van der Waals surface area contributed by atoms with E-state index in [0.717, 1.165) is 28.8 Å². The molecule has 1 N–H and O–H groups in total. The highest BCUT2D eigenvalue weighted by Gasteiger charge is 2.06. The molecule has 0 amide bonds. The first-order valence-corrected chi connectivity index (χ1v) is 6.50. The molecule has 96 valence electrons. The van der Waals surface area contributed by atoms with Gasteiger partial charge in [0.2, 0.25) is 0 Å². The van der Waals surface area contributed by atoms with Crippen LogP contribution in [0, 0.1) is 6.92 Å². The molecule has 0 unspecified atom stereocenters. The Morgan fingerprint density at radius 3 is 2.79 bits per heavy atom. The Bertz CT molecular complexity index is 712. The fraction of sp³-hybridized carbons (Fsp3) is 0.176. The molecule has 0 aliphatic rings. The predicted molar refractivity (Wildman–Crippen MR) is 79.2 cm³/mol. The van der Waals surface area contributed by atoms with Gasteiger partial charge in [-0.2, -0.15) is 0 Å². The Morgan fingerprint density at radius 2 is 1.95 bits per heavy atom. The minimum atomic E-state index is 0.868. The van der Waals surface area contributed by atoms with Crippen molar-refractivity contribution in [1.29, 1.82) is 0 Å². The van der Waals surface area contributed by atoms with Crippen LogP contribution in [0.1, 0.15) is 11.1 Å². The molecule has 3 aromatic rings. The first-order valence-electron chi connectivity index (χ1n) is 6.50. The summed E-state index contributed by atoms with van der Waals surface area (Å²) in [4.78, 5) is 0. The summed E-state index contributed by atoms with van der Waals surface area (Å²) in [7, 11) is 1.95. The van der Waals surface area contributed by atoms with Gasteiger partial charge in [-0.15, -0.1) is 0 Å². The molecule has 2 aromatic carbocycles. The average Bonchev–Trinajstić information content (AvgIpc) is 2.82. The van der Waals surface area contributed by atoms with Gasteiger partial charge in [0, 0.05) is 17.5 Å². The average molecular weight is 251 g/mol. The third-order valence-corrected chi connectivity index (χ3v) is 3.26. The maximum absolute atomic E-state index is 5.92. The van der Waals surface area contributed by atoms with Crippen LogP contribution in [0.5, 0.6) is 0 Å². The van der Waals surface area contributed by atoms with Crippen LogP contribution in [0.3, 0.4) is 0 Å². The lowest BCUT2D eigenvalue weighted by Crippen LogP contribution is -2.04. The highest BCUT2D eigenvalue weighted by molar-refractivity contribution is 5.83. The number of fused-ring (bicyclic) bond motifs is 1. The number of hydrogen-bond donors (Lipinski definition) is 1. The second-order valence-corrected chi connectivity index (χ2v) is 4.88. The molecule has 0 spiro atoms. The number of hydrogen-bond acceptors (Lipinski definition) is 2. The van der Waals surface area contributed by atoms with E-state index >= 15 is 0 Å². The van der Waals surface area contributed by atoms with E-state index in [1.54, 1.807) is 0 Å². The minimum absolute atomic E-state index is 0.868. The van der Waals surface area contributed by atoms with Crippen LogP contribution in [0.25, 0.3) is 22.3 Å². The molecule has 3 rings (SSSR count). The van der Waals surface area contributed by atoms with Crippen LogP contribution >= 0.6 is 0 Å². The van der Waals surface area contributed by atoms with Gasteiger partial charge in [0.1, 0.15) is 11.3 Å². The number of aryl methyl sites for hydroxylation is 1. The molecule has 0 saturated heterocycles. The summed E-state index contributed by atoms with van der Waals surface area (Å²) < 4.78 is 5.92. The summed E-state index contributed by atoms with van der Waals surface area (Å²) in [5.41, 5.74) is 4.58. The first-order chi connectivity index (χ1) is 9.26. The molecule has 0 fully saturated rings. The van der Waals surface area contributed by atoms with Gasteiger partial charge in [0.15, 0.2) is 0 Å². The maximum atomic E-state index is 5.92. The zero-order valence-electron chi connectivity index (χ0n) is 11.2. The van der Waals surface area contributed by atoms with Crippen molar-refractivity contribution in [2.75, 3.05) is 7.05 Å². The molecule has 0 bridgehead atoms. The van der Waals surface area contributed by atoms with E-state index in [-0.39, 0.29) is 0 Å². The van der Waals surface area contributed by atoms with Crippen LogP contribution in [-0.2, 0) is 6.54 Å². The SMILES string of the molecule is CNCc1cccc(-c2cc3cc(C)ccc3o2)c1. The number of furan rings is 1. The number of benzene rings is 2. The van der Waals surface area contributed by atoms with Gasteiger partial charge < -0.3 is 9.73 Å². The molecule has 2 heteroatoms. The van der Waals surface area contributed by atoms with E-state index in [1.165, 1.54) is 11.1 Å². The Kier molecular flexibility index (Phi) is 3.10. The van der Waals surface area contributed by atoms with Gasteiger partial charge in [0.05, 0.1) is 0 Å². The third-order valence-electron chi connectivity index (χ3n) is 3.26. The lowest BCUT2D eigenvalue weighted by molar-refractivity contribution is 0.631. The molecular weight excluding hydrogens is 234 g/mol. The third kappa shape index (κ3) is 2.40. The van der Waals surface area contributed by atoms with Gasteiger partial charge in [-0.25, -0.2) is 0 Å². The van der Waals surface area contributed by atoms with Crippen molar-refractivity contribution in [3.05, 3.63) is 59.7 Å². The molecular formula is C17H17NO. The Hall–Kier alpha value is -2.06. The Labute approximate surface area is 113 Å². The van der Waals surface area contributed by atoms with Crippen LogP contribution in [0.2, 0.25) is 0 Å². The highest BCUT2D eigenvalue weighted by Crippen LogP contribution is 2.28. The van der Waals surface area contributed by atoms with Crippen molar-refractivity contribution in [2.45, 2.75) is 13.5 Å². The summed E-state index contributed by atoms with van der Waals surface area (Å²) in [6.45, 7) is 2.97. The summed E-state index contributed by atoms with van der Waals surface area (Å²) in [5, 5.41) is 4.33. The van der Waals surface area contributed by atoms with Crippen molar-refractivity contribution in [2.24, 2.45) is 0 Å². The smallest absolute Gasteiger partial charge is 0.135 e. The van der Waals surface area contributed by atoms with E-state index in [9.17, 15) is 0 Å². The minimum Gasteiger partial charge on any atom is -0.456 e. The number of rotatable bonds is 3. The van der Waals surface area contributed by atoms with Crippen LogP contribution < -0.4 is 5.32 Å². The summed E-state index contributed by atoms with van der Waals surface area (Å²) in [5.74, 6) is 0.929. The van der Waals surface area contributed by atoms with Gasteiger partial charge in [0.25, 0.3) is 0 Å². The lowest BCUT2D eigenvalue weighted by atomic mass is 10.1. The highest BCUT2D eigenvalue weighted by atomic mass is 16.3. The maximum Gasteiger partial charge on any atom is 0.135 e. The normalized spacial score (nSPS) is 11.1. The quantitative estimate of drug-likeness (QED) is 0.757. The van der Waals surface area contributed by atoms with Crippen molar-refractivity contribution < 1.29 is 4.42 Å². The van der Waals surface area contributed by atoms with E-state index < -0.39 is 0 Å². The summed E-state index contributed by atoms with van der Waals surface area (Å²) >= 11 is 0. The van der Waals surface area contributed by atoms with Crippen molar-refractivity contribution in [3.8, 4) is 11.3 Å². The molecule has 19 heavy (non-hydrogen) atoms. The molecule has 0 radical (unpaired) electrons. The Balaban J connectivity index is 2.05. The fourth-order valence-corrected chi connectivity index (χ4v) is 2.34. The largest absolute Gasteiger partial charge is 0.456 e. The fourth-order valence-electron chi connectivity index (χ4n) is 2.34. The standard InChI is InChI=1S/C17H17NO/c1-12-6-7-16-15(8-12)10-17(19-16)14-5-3-4-13(9-14)11-18-2/h3-10,18H,11H2,1-2H3. The van der Waals surface area contributed by atoms with Gasteiger partial charge >= 0.3 is 0 Å². The van der Waals surface area contributed by atoms with E-state index in [1.807, 2.05) is 13.1 Å². The van der Waals surface area contributed by atoms with E-state index in [0.29, 0.717) is 0 Å². The lowest BCUT2D eigenvalue weighted by Gasteiger charge is -2.02. The molecule has 0 atom stereocenters. The topological polar surface area (TPSA) is 25.2 Å². The molecule has 0 aliphatic heterocycles. The monoisotopic (exact) mass is 251 g/mol. The Morgan fingerprint density at radius 1 is 1.05 bits per heavy atom. The van der Waals surface area contributed by atoms with E-state index in [4.69, 9.17) is 4.42 Å². The van der Waals surface area contributed by atoms with Crippen LogP contribution in [-0.4, -0.2) is 7.05 Å². The second kappa shape index (κ2) is 4.90. The zero-order valence-corrected chi connectivity index (χ0v) is 11.2. The van der Waals surface area contributed by atoms with Gasteiger partial charge in [-0.1, -0.05) is 29.8 Å². The zero-order chi connectivity index (χ0) is 13.2. The van der Waals surface area contributed by atoms with Crippen molar-refractivity contribution in [1.82, 2.24) is 5.32 Å². The molecule has 2 nitrogen and oxygen atoms in total. The molecule has 1 heterocycles. The summed E-state index contributed by atoms with van der Waals surface area (Å²) in [6.07, 6.45) is 0. The molecule has 0 aliphatic carbocycles. The van der Waals surface area contributed by atoms with Crippen molar-refractivity contribution in [3.63, 3.8) is 0 Å². The van der Waals surface area contributed by atoms with Crippen LogP contribution in [0.4, 0.5) is 0 Å². The second-order valence-electron chi connectivity index (χ2n) is 4.88. The van der Waals surface area contributed by atoms with Gasteiger partial charge in [-0.05, 0) is 43.8 Å². The summed E-state index contributed by atoms with van der Waals surface area (Å²) in [6, 6.07) is 16.8. The molecule has 1 aromatic heterocycles. The molecule has 0 saturated carbocycles. The first kappa shape index (κ1) is 12.0.